The van der Waals surface area contributed by atoms with Gasteiger partial charge in [-0.1, -0.05) is 35.9 Å². The summed E-state index contributed by atoms with van der Waals surface area (Å²) >= 11 is 6.13. The average Bonchev–Trinajstić information content (AvgIpc) is 2.77. The highest BCUT2D eigenvalue weighted by atomic mass is 35.5. The lowest BCUT2D eigenvalue weighted by molar-refractivity contribution is 0.0529. The van der Waals surface area contributed by atoms with Gasteiger partial charge in [0.25, 0.3) is 0 Å². The van der Waals surface area contributed by atoms with E-state index in [1.807, 2.05) is 17.0 Å². The number of piperidine rings is 2. The summed E-state index contributed by atoms with van der Waals surface area (Å²) < 4.78 is 19.7. The third-order valence-corrected chi connectivity index (χ3v) is 6.32. The van der Waals surface area contributed by atoms with Gasteiger partial charge in [0.05, 0.1) is 10.7 Å². The van der Waals surface area contributed by atoms with Crippen LogP contribution >= 0.6 is 11.6 Å². The van der Waals surface area contributed by atoms with Crippen molar-refractivity contribution < 1.29 is 13.9 Å². The number of nitrogens with zero attached hydrogens (tertiary/aromatic N) is 2. The number of anilines is 1. The molecule has 30 heavy (non-hydrogen) atoms. The Morgan fingerprint density at radius 2 is 1.63 bits per heavy atom. The summed E-state index contributed by atoms with van der Waals surface area (Å²) in [4.78, 5) is 16.9. The number of urea groups is 1. The van der Waals surface area contributed by atoms with Crippen LogP contribution in [0.4, 0.5) is 14.9 Å². The van der Waals surface area contributed by atoms with Gasteiger partial charge in [0.15, 0.2) is 11.6 Å². The molecule has 7 heteroatoms. The summed E-state index contributed by atoms with van der Waals surface area (Å²) in [6.07, 6.45) is 3.74. The van der Waals surface area contributed by atoms with Crippen molar-refractivity contribution in [3.05, 3.63) is 59.4 Å². The van der Waals surface area contributed by atoms with Crippen molar-refractivity contribution in [3.63, 3.8) is 0 Å². The van der Waals surface area contributed by atoms with Gasteiger partial charge in [-0.3, -0.25) is 4.90 Å². The number of para-hydroxylation sites is 2. The van der Waals surface area contributed by atoms with Crippen LogP contribution in [0, 0.1) is 5.82 Å². The zero-order valence-corrected chi connectivity index (χ0v) is 17.7. The highest BCUT2D eigenvalue weighted by Crippen LogP contribution is 2.26. The van der Waals surface area contributed by atoms with Gasteiger partial charge in [-0.25, -0.2) is 9.18 Å². The molecule has 2 fully saturated rings. The molecule has 0 aliphatic carbocycles. The molecule has 2 aromatic carbocycles. The van der Waals surface area contributed by atoms with E-state index in [2.05, 4.69) is 10.2 Å². The van der Waals surface area contributed by atoms with Gasteiger partial charge in [0.2, 0.25) is 0 Å². The van der Waals surface area contributed by atoms with Crippen LogP contribution in [0.1, 0.15) is 25.7 Å². The molecule has 2 saturated heterocycles. The topological polar surface area (TPSA) is 44.8 Å². The zero-order chi connectivity index (χ0) is 20.9. The van der Waals surface area contributed by atoms with E-state index in [1.54, 1.807) is 30.3 Å². The Hall–Kier alpha value is -2.31. The van der Waals surface area contributed by atoms with E-state index in [9.17, 15) is 9.18 Å². The Morgan fingerprint density at radius 3 is 2.33 bits per heavy atom. The molecule has 0 unspecified atom stereocenters. The third-order valence-electron chi connectivity index (χ3n) is 5.99. The van der Waals surface area contributed by atoms with Crippen LogP contribution in [0.5, 0.6) is 5.75 Å². The monoisotopic (exact) mass is 431 g/mol. The fourth-order valence-corrected chi connectivity index (χ4v) is 4.45. The molecule has 0 spiro atoms. The molecule has 2 aliphatic heterocycles. The first kappa shape index (κ1) is 20.9. The maximum atomic E-state index is 13.8. The Morgan fingerprint density at radius 1 is 0.967 bits per heavy atom. The number of hydrogen-bond acceptors (Lipinski definition) is 3. The van der Waals surface area contributed by atoms with Gasteiger partial charge >= 0.3 is 6.03 Å². The van der Waals surface area contributed by atoms with Gasteiger partial charge < -0.3 is 15.0 Å². The average molecular weight is 432 g/mol. The van der Waals surface area contributed by atoms with Gasteiger partial charge in [-0.05, 0) is 49.9 Å². The number of halogens is 2. The van der Waals surface area contributed by atoms with Gasteiger partial charge in [-0.15, -0.1) is 0 Å². The molecular formula is C23H27ClFN3O2. The van der Waals surface area contributed by atoms with Crippen LogP contribution in [0.15, 0.2) is 48.5 Å². The second-order valence-electron chi connectivity index (χ2n) is 7.91. The molecule has 1 N–H and O–H groups in total. The molecular weight excluding hydrogens is 405 g/mol. The van der Waals surface area contributed by atoms with Crippen molar-refractivity contribution in [1.29, 1.82) is 0 Å². The number of nitrogens with one attached hydrogen (secondary N) is 1. The minimum Gasteiger partial charge on any atom is -0.487 e. The highest BCUT2D eigenvalue weighted by molar-refractivity contribution is 6.33. The first-order chi connectivity index (χ1) is 14.6. The van der Waals surface area contributed by atoms with Gasteiger partial charge in [-0.2, -0.15) is 0 Å². The van der Waals surface area contributed by atoms with E-state index in [0.29, 0.717) is 22.5 Å². The predicted octanol–water partition coefficient (Wildman–Crippen LogP) is 5.02. The predicted molar refractivity (Wildman–Crippen MR) is 117 cm³/mol. The summed E-state index contributed by atoms with van der Waals surface area (Å²) in [6.45, 7) is 3.34. The SMILES string of the molecule is O=C(Nc1ccccc1Cl)N1CCC(N2CCC(Oc3ccccc3F)CC2)CC1. The van der Waals surface area contributed by atoms with Crippen molar-refractivity contribution in [2.75, 3.05) is 31.5 Å². The molecule has 2 aromatic rings. The Kier molecular flexibility index (Phi) is 6.75. The smallest absolute Gasteiger partial charge is 0.321 e. The molecule has 0 saturated carbocycles. The molecule has 0 bridgehead atoms. The minimum atomic E-state index is -0.303. The van der Waals surface area contributed by atoms with E-state index in [0.717, 1.165) is 51.9 Å². The number of carbonyl (C=O) groups is 1. The third kappa shape index (κ3) is 5.05. The quantitative estimate of drug-likeness (QED) is 0.739. The lowest BCUT2D eigenvalue weighted by Gasteiger charge is -2.41. The summed E-state index contributed by atoms with van der Waals surface area (Å²) in [5.74, 6) is 0.0381. The van der Waals surface area contributed by atoms with Gasteiger partial charge in [0, 0.05) is 32.2 Å². The number of ether oxygens (including phenoxy) is 1. The lowest BCUT2D eigenvalue weighted by atomic mass is 9.99. The lowest BCUT2D eigenvalue weighted by Crippen LogP contribution is -2.50. The first-order valence-corrected chi connectivity index (χ1v) is 10.9. The van der Waals surface area contributed by atoms with Crippen molar-refractivity contribution in [2.24, 2.45) is 0 Å². The standard InChI is InChI=1S/C23H27ClFN3O2/c24-19-5-1-3-7-21(19)26-23(29)28-13-9-17(10-14-28)27-15-11-18(12-16-27)30-22-8-4-2-6-20(22)25/h1-8,17-18H,9-16H2,(H,26,29). The van der Waals surface area contributed by atoms with Crippen molar-refractivity contribution in [1.82, 2.24) is 9.80 Å². The van der Waals surface area contributed by atoms with Crippen LogP contribution in [0.2, 0.25) is 5.02 Å². The van der Waals surface area contributed by atoms with Crippen molar-refractivity contribution in [3.8, 4) is 5.75 Å². The molecule has 4 rings (SSSR count). The van der Waals surface area contributed by atoms with Gasteiger partial charge in [0.1, 0.15) is 6.10 Å². The fraction of sp³-hybridized carbons (Fsp3) is 0.435. The largest absolute Gasteiger partial charge is 0.487 e. The van der Waals surface area contributed by atoms with Crippen molar-refractivity contribution in [2.45, 2.75) is 37.8 Å². The summed E-state index contributed by atoms with van der Waals surface area (Å²) in [5, 5.41) is 3.44. The Bertz CT molecular complexity index is 865. The normalized spacial score (nSPS) is 18.9. The summed E-state index contributed by atoms with van der Waals surface area (Å²) in [6, 6.07) is 14.2. The maximum absolute atomic E-state index is 13.8. The summed E-state index contributed by atoms with van der Waals surface area (Å²) in [7, 11) is 0. The molecule has 2 amide bonds. The molecule has 2 aliphatic rings. The fourth-order valence-electron chi connectivity index (χ4n) is 4.27. The molecule has 0 aromatic heterocycles. The number of amides is 2. The second-order valence-corrected chi connectivity index (χ2v) is 8.32. The van der Waals surface area contributed by atoms with E-state index in [1.165, 1.54) is 6.07 Å². The molecule has 0 radical (unpaired) electrons. The Balaban J connectivity index is 1.22. The second kappa shape index (κ2) is 9.67. The Labute approximate surface area is 181 Å². The maximum Gasteiger partial charge on any atom is 0.321 e. The first-order valence-electron chi connectivity index (χ1n) is 10.6. The van der Waals surface area contributed by atoms with Crippen LogP contribution in [0.3, 0.4) is 0 Å². The zero-order valence-electron chi connectivity index (χ0n) is 16.9. The number of benzene rings is 2. The van der Waals surface area contributed by atoms with E-state index >= 15 is 0 Å². The van der Waals surface area contributed by atoms with E-state index < -0.39 is 0 Å². The molecule has 0 atom stereocenters. The van der Waals surface area contributed by atoms with Crippen molar-refractivity contribution >= 4 is 23.3 Å². The molecule has 2 heterocycles. The molecule has 160 valence electrons. The minimum absolute atomic E-state index is 0.0552. The van der Waals surface area contributed by atoms with Crippen LogP contribution in [-0.4, -0.2) is 54.2 Å². The number of likely N-dealkylation sites (tertiary alicyclic amines) is 2. The van der Waals surface area contributed by atoms with Crippen LogP contribution in [-0.2, 0) is 0 Å². The number of carbonyl (C=O) groups excluding carboxylic acids is 1. The number of rotatable bonds is 4. The van der Waals surface area contributed by atoms with E-state index in [-0.39, 0.29) is 18.0 Å². The van der Waals surface area contributed by atoms with E-state index in [4.69, 9.17) is 16.3 Å². The molecule has 5 nitrogen and oxygen atoms in total. The van der Waals surface area contributed by atoms with Crippen LogP contribution in [0.25, 0.3) is 0 Å². The number of hydrogen-bond donors (Lipinski definition) is 1. The van der Waals surface area contributed by atoms with Crippen LogP contribution < -0.4 is 10.1 Å². The summed E-state index contributed by atoms with van der Waals surface area (Å²) in [5.41, 5.74) is 0.642. The highest BCUT2D eigenvalue weighted by Gasteiger charge is 2.30.